The van der Waals surface area contributed by atoms with Gasteiger partial charge in [0.25, 0.3) is 5.91 Å². The van der Waals surface area contributed by atoms with Gasteiger partial charge in [-0.15, -0.1) is 0 Å². The molecule has 1 saturated heterocycles. The van der Waals surface area contributed by atoms with Gasteiger partial charge < -0.3 is 10.6 Å². The molecule has 0 radical (unpaired) electrons. The van der Waals surface area contributed by atoms with E-state index in [0.29, 0.717) is 10.6 Å². The summed E-state index contributed by atoms with van der Waals surface area (Å²) >= 11 is 12.2. The Morgan fingerprint density at radius 1 is 1.17 bits per heavy atom. The minimum Gasteiger partial charge on any atom is -0.348 e. The van der Waals surface area contributed by atoms with Gasteiger partial charge in [0.15, 0.2) is 0 Å². The first kappa shape index (κ1) is 22.1. The number of nitrogens with one attached hydrogen (secondary N) is 2. The Bertz CT molecular complexity index is 994. The Morgan fingerprint density at radius 2 is 1.83 bits per heavy atom. The summed E-state index contributed by atoms with van der Waals surface area (Å²) in [5.74, 6) is -0.983. The minimum absolute atomic E-state index is 0.258. The van der Waals surface area contributed by atoms with E-state index in [4.69, 9.17) is 23.2 Å². The number of urea groups is 1. The molecule has 3 rings (SSSR count). The molecule has 0 spiro atoms. The van der Waals surface area contributed by atoms with Gasteiger partial charge in [0.2, 0.25) is 5.91 Å². The maximum Gasteiger partial charge on any atom is 0.325 e. The van der Waals surface area contributed by atoms with E-state index in [0.717, 1.165) is 16.9 Å². The van der Waals surface area contributed by atoms with Crippen molar-refractivity contribution < 1.29 is 14.4 Å². The summed E-state index contributed by atoms with van der Waals surface area (Å²) < 4.78 is 0. The molecule has 2 aromatic carbocycles. The van der Waals surface area contributed by atoms with Crippen molar-refractivity contribution in [2.45, 2.75) is 38.8 Å². The molecule has 1 fully saturated rings. The van der Waals surface area contributed by atoms with E-state index >= 15 is 0 Å². The maximum absolute atomic E-state index is 13.0. The van der Waals surface area contributed by atoms with Crippen molar-refractivity contribution in [2.24, 2.45) is 0 Å². The van der Waals surface area contributed by atoms with Crippen molar-refractivity contribution in [2.75, 3.05) is 6.54 Å². The lowest BCUT2D eigenvalue weighted by Crippen LogP contribution is -2.43. The number of benzene rings is 2. The molecule has 1 heterocycles. The standard InChI is InChI=1S/C22H23Cl2N3O3/c1-4-14-5-7-15(8-6-14)13(2)25-19(28)12-27-20(29)22(3,26-21(27)30)17-10-9-16(23)11-18(17)24/h5-11,13H,4,12H2,1-3H3,(H,25,28)(H,26,30). The van der Waals surface area contributed by atoms with Crippen LogP contribution < -0.4 is 10.6 Å². The highest BCUT2D eigenvalue weighted by Crippen LogP contribution is 2.34. The Hall–Kier alpha value is -2.57. The first-order chi connectivity index (χ1) is 14.2. The van der Waals surface area contributed by atoms with Crippen molar-refractivity contribution >= 4 is 41.0 Å². The van der Waals surface area contributed by atoms with Crippen LogP contribution in [0, 0.1) is 0 Å². The number of rotatable bonds is 6. The van der Waals surface area contributed by atoms with Gasteiger partial charge in [0.1, 0.15) is 12.1 Å². The van der Waals surface area contributed by atoms with E-state index in [9.17, 15) is 14.4 Å². The zero-order chi connectivity index (χ0) is 22.1. The molecule has 2 atom stereocenters. The number of carbonyl (C=O) groups is 3. The van der Waals surface area contributed by atoms with Gasteiger partial charge in [-0.1, -0.05) is 60.5 Å². The number of hydrogen-bond donors (Lipinski definition) is 2. The molecule has 2 unspecified atom stereocenters. The average Bonchev–Trinajstić information content (AvgIpc) is 2.91. The van der Waals surface area contributed by atoms with Crippen molar-refractivity contribution in [3.8, 4) is 0 Å². The van der Waals surface area contributed by atoms with Crippen LogP contribution in [-0.2, 0) is 21.5 Å². The molecule has 6 nitrogen and oxygen atoms in total. The molecular weight excluding hydrogens is 425 g/mol. The normalized spacial score (nSPS) is 19.6. The Labute approximate surface area is 185 Å². The quantitative estimate of drug-likeness (QED) is 0.651. The number of aryl methyl sites for hydroxylation is 1. The third-order valence-electron chi connectivity index (χ3n) is 5.31. The van der Waals surface area contributed by atoms with Gasteiger partial charge in [0.05, 0.1) is 6.04 Å². The lowest BCUT2D eigenvalue weighted by molar-refractivity contribution is -0.135. The topological polar surface area (TPSA) is 78.5 Å². The zero-order valence-electron chi connectivity index (χ0n) is 17.0. The number of hydrogen-bond acceptors (Lipinski definition) is 3. The fourth-order valence-corrected chi connectivity index (χ4v) is 4.07. The van der Waals surface area contributed by atoms with Crippen LogP contribution in [0.5, 0.6) is 0 Å². The molecule has 30 heavy (non-hydrogen) atoms. The van der Waals surface area contributed by atoms with E-state index in [2.05, 4.69) is 17.6 Å². The molecule has 4 amide bonds. The van der Waals surface area contributed by atoms with Gasteiger partial charge in [0, 0.05) is 15.6 Å². The molecule has 0 aliphatic carbocycles. The van der Waals surface area contributed by atoms with Gasteiger partial charge in [-0.25, -0.2) is 4.79 Å². The van der Waals surface area contributed by atoms with Crippen LogP contribution in [0.1, 0.15) is 43.5 Å². The van der Waals surface area contributed by atoms with Gasteiger partial charge in [-0.3, -0.25) is 14.5 Å². The van der Waals surface area contributed by atoms with Crippen LogP contribution in [0.3, 0.4) is 0 Å². The van der Waals surface area contributed by atoms with Crippen LogP contribution in [0.4, 0.5) is 4.79 Å². The first-order valence-electron chi connectivity index (χ1n) is 9.63. The summed E-state index contributed by atoms with van der Waals surface area (Å²) in [7, 11) is 0. The third kappa shape index (κ3) is 4.30. The van der Waals surface area contributed by atoms with Gasteiger partial charge in [-0.2, -0.15) is 0 Å². The van der Waals surface area contributed by atoms with Gasteiger partial charge >= 0.3 is 6.03 Å². The fourth-order valence-electron chi connectivity index (χ4n) is 3.47. The molecule has 0 aromatic heterocycles. The predicted octanol–water partition coefficient (Wildman–Crippen LogP) is 4.20. The van der Waals surface area contributed by atoms with Crippen LogP contribution in [0.15, 0.2) is 42.5 Å². The summed E-state index contributed by atoms with van der Waals surface area (Å²) in [6.45, 7) is 5.09. The van der Waals surface area contributed by atoms with Crippen molar-refractivity contribution in [3.05, 3.63) is 69.2 Å². The number of nitrogens with zero attached hydrogens (tertiary/aromatic N) is 1. The molecule has 0 saturated carbocycles. The maximum atomic E-state index is 13.0. The Kier molecular flexibility index (Phi) is 6.38. The Morgan fingerprint density at radius 3 is 2.43 bits per heavy atom. The van der Waals surface area contributed by atoms with E-state index in [1.54, 1.807) is 19.1 Å². The number of carbonyl (C=O) groups excluding carboxylic acids is 3. The smallest absolute Gasteiger partial charge is 0.325 e. The van der Waals surface area contributed by atoms with E-state index in [-0.39, 0.29) is 17.6 Å². The lowest BCUT2D eigenvalue weighted by atomic mass is 9.92. The SMILES string of the molecule is CCc1ccc(C(C)NC(=O)CN2C(=O)NC(C)(c3ccc(Cl)cc3Cl)C2=O)cc1. The molecule has 1 aliphatic rings. The minimum atomic E-state index is -1.37. The highest BCUT2D eigenvalue weighted by molar-refractivity contribution is 6.35. The summed E-state index contributed by atoms with van der Waals surface area (Å²) in [6.07, 6.45) is 0.934. The predicted molar refractivity (Wildman–Crippen MR) is 116 cm³/mol. The summed E-state index contributed by atoms with van der Waals surface area (Å²) in [6, 6.07) is 11.7. The zero-order valence-corrected chi connectivity index (χ0v) is 18.5. The summed E-state index contributed by atoms with van der Waals surface area (Å²) in [5.41, 5.74) is 1.19. The van der Waals surface area contributed by atoms with Crippen LogP contribution in [0.25, 0.3) is 0 Å². The lowest BCUT2D eigenvalue weighted by Gasteiger charge is -2.23. The number of amides is 4. The highest BCUT2D eigenvalue weighted by atomic mass is 35.5. The third-order valence-corrected chi connectivity index (χ3v) is 5.86. The van der Waals surface area contributed by atoms with Crippen LogP contribution in [0.2, 0.25) is 10.0 Å². The van der Waals surface area contributed by atoms with Crippen LogP contribution >= 0.6 is 23.2 Å². The second-order valence-electron chi connectivity index (χ2n) is 7.45. The van der Waals surface area contributed by atoms with E-state index in [1.165, 1.54) is 11.6 Å². The number of halogens is 2. The molecule has 2 aromatic rings. The molecule has 0 bridgehead atoms. The van der Waals surface area contributed by atoms with Crippen LogP contribution in [-0.4, -0.2) is 29.3 Å². The monoisotopic (exact) mass is 447 g/mol. The van der Waals surface area contributed by atoms with E-state index < -0.39 is 23.4 Å². The second-order valence-corrected chi connectivity index (χ2v) is 8.30. The van der Waals surface area contributed by atoms with Crippen molar-refractivity contribution in [3.63, 3.8) is 0 Å². The molecule has 2 N–H and O–H groups in total. The molecule has 8 heteroatoms. The first-order valence-corrected chi connectivity index (χ1v) is 10.4. The summed E-state index contributed by atoms with van der Waals surface area (Å²) in [5, 5.41) is 6.15. The fraction of sp³-hybridized carbons (Fsp3) is 0.318. The molecule has 158 valence electrons. The van der Waals surface area contributed by atoms with E-state index in [1.807, 2.05) is 31.2 Å². The molecule has 1 aliphatic heterocycles. The Balaban J connectivity index is 1.70. The second kappa shape index (κ2) is 8.66. The largest absolute Gasteiger partial charge is 0.348 e. The van der Waals surface area contributed by atoms with Crippen molar-refractivity contribution in [1.82, 2.24) is 15.5 Å². The average molecular weight is 448 g/mol. The number of imide groups is 1. The highest BCUT2D eigenvalue weighted by Gasteiger charge is 2.50. The summed E-state index contributed by atoms with van der Waals surface area (Å²) in [4.78, 5) is 38.9. The molecular formula is C22H23Cl2N3O3. The van der Waals surface area contributed by atoms with Crippen molar-refractivity contribution in [1.29, 1.82) is 0 Å². The van der Waals surface area contributed by atoms with Gasteiger partial charge in [-0.05, 0) is 43.5 Å².